The number of unbranched alkanes of at least 4 members (excludes halogenated alkanes) is 1. The number of anilines is 2. The molecule has 2 rings (SSSR count). The van der Waals surface area contributed by atoms with Crippen LogP contribution in [0.25, 0.3) is 10.9 Å². The standard InChI is InChI=1S/C15H22N4O.H2S/c1-3-4-7-11(9-20)17-14-13-10(2)6-5-8-12(13)18-15(16)19-14;/h5-6,8,11,20H,3-4,7,9H2,1-2H3,(H3,16,17,18,19);1H2/t11-;/m1./s1. The average molecular weight is 308 g/mol. The van der Waals surface area contributed by atoms with E-state index in [0.717, 1.165) is 35.7 Å². The normalized spacial score (nSPS) is 12.0. The SMILES string of the molecule is CCCC[C@H](CO)Nc1nc(N)nc2cccc(C)c12.S. The van der Waals surface area contributed by atoms with Crippen LogP contribution < -0.4 is 11.1 Å². The molecule has 0 radical (unpaired) electrons. The van der Waals surface area contributed by atoms with E-state index in [1.807, 2.05) is 25.1 Å². The molecule has 4 N–H and O–H groups in total. The minimum atomic E-state index is -0.00736. The Balaban J connectivity index is 0.00000220. The van der Waals surface area contributed by atoms with Gasteiger partial charge in [-0.3, -0.25) is 0 Å². The van der Waals surface area contributed by atoms with Gasteiger partial charge >= 0.3 is 0 Å². The minimum absolute atomic E-state index is 0. The number of aliphatic hydroxyl groups is 1. The van der Waals surface area contributed by atoms with Crippen molar-refractivity contribution in [1.82, 2.24) is 9.97 Å². The van der Waals surface area contributed by atoms with Gasteiger partial charge in [-0.25, -0.2) is 4.98 Å². The summed E-state index contributed by atoms with van der Waals surface area (Å²) in [6.07, 6.45) is 3.07. The number of nitrogens with one attached hydrogen (secondary N) is 1. The molecule has 0 spiro atoms. The van der Waals surface area contributed by atoms with Gasteiger partial charge in [0.25, 0.3) is 0 Å². The van der Waals surface area contributed by atoms with E-state index in [1.165, 1.54) is 0 Å². The zero-order valence-electron chi connectivity index (χ0n) is 12.6. The van der Waals surface area contributed by atoms with Gasteiger partial charge in [-0.05, 0) is 25.0 Å². The Morgan fingerprint density at radius 2 is 2.10 bits per heavy atom. The number of aliphatic hydroxyl groups excluding tert-OH is 1. The molecule has 1 atom stereocenters. The molecule has 6 heteroatoms. The van der Waals surface area contributed by atoms with Crippen molar-refractivity contribution >= 4 is 36.2 Å². The smallest absolute Gasteiger partial charge is 0.222 e. The Morgan fingerprint density at radius 1 is 1.33 bits per heavy atom. The van der Waals surface area contributed by atoms with Crippen LogP contribution in [0.1, 0.15) is 31.7 Å². The van der Waals surface area contributed by atoms with Gasteiger partial charge in [0.05, 0.1) is 18.2 Å². The molecule has 0 saturated heterocycles. The zero-order valence-corrected chi connectivity index (χ0v) is 13.6. The van der Waals surface area contributed by atoms with Gasteiger partial charge in [0.2, 0.25) is 5.95 Å². The van der Waals surface area contributed by atoms with E-state index in [9.17, 15) is 5.11 Å². The number of nitrogens with zero attached hydrogens (tertiary/aromatic N) is 2. The van der Waals surface area contributed by atoms with Gasteiger partial charge in [0.15, 0.2) is 0 Å². The molecule has 0 fully saturated rings. The summed E-state index contributed by atoms with van der Waals surface area (Å²) in [6.45, 7) is 4.24. The van der Waals surface area contributed by atoms with Crippen LogP contribution in [-0.2, 0) is 0 Å². The van der Waals surface area contributed by atoms with Crippen LogP contribution in [0.3, 0.4) is 0 Å². The number of rotatable bonds is 6. The third-order valence-corrected chi connectivity index (χ3v) is 3.42. The van der Waals surface area contributed by atoms with E-state index in [1.54, 1.807) is 0 Å². The maximum absolute atomic E-state index is 9.49. The van der Waals surface area contributed by atoms with E-state index >= 15 is 0 Å². The lowest BCUT2D eigenvalue weighted by Crippen LogP contribution is -2.24. The summed E-state index contributed by atoms with van der Waals surface area (Å²) < 4.78 is 0. The maximum atomic E-state index is 9.49. The van der Waals surface area contributed by atoms with E-state index in [-0.39, 0.29) is 32.1 Å². The number of nitrogens with two attached hydrogens (primary N) is 1. The quantitative estimate of drug-likeness (QED) is 0.764. The Labute approximate surface area is 132 Å². The van der Waals surface area contributed by atoms with Crippen LogP contribution in [0.4, 0.5) is 11.8 Å². The number of nitrogen functional groups attached to an aromatic ring is 1. The molecular formula is C15H24N4OS. The zero-order chi connectivity index (χ0) is 14.5. The van der Waals surface area contributed by atoms with Crippen LogP contribution in [-0.4, -0.2) is 27.7 Å². The molecule has 0 aliphatic heterocycles. The van der Waals surface area contributed by atoms with Crippen molar-refractivity contribution in [2.45, 2.75) is 39.2 Å². The second-order valence-electron chi connectivity index (χ2n) is 5.07. The molecule has 0 saturated carbocycles. The van der Waals surface area contributed by atoms with Gasteiger partial charge in [-0.2, -0.15) is 18.5 Å². The van der Waals surface area contributed by atoms with Crippen molar-refractivity contribution in [3.05, 3.63) is 23.8 Å². The van der Waals surface area contributed by atoms with Crippen molar-refractivity contribution in [1.29, 1.82) is 0 Å². The van der Waals surface area contributed by atoms with E-state index in [2.05, 4.69) is 22.2 Å². The molecule has 1 heterocycles. The summed E-state index contributed by atoms with van der Waals surface area (Å²) in [6, 6.07) is 5.89. The third kappa shape index (κ3) is 4.22. The molecule has 116 valence electrons. The minimum Gasteiger partial charge on any atom is -0.394 e. The molecule has 2 aromatic rings. The number of hydrogen-bond donors (Lipinski definition) is 3. The first kappa shape index (κ1) is 17.5. The molecule has 0 unspecified atom stereocenters. The van der Waals surface area contributed by atoms with Crippen molar-refractivity contribution in [2.75, 3.05) is 17.7 Å². The van der Waals surface area contributed by atoms with Crippen molar-refractivity contribution in [2.24, 2.45) is 0 Å². The predicted molar refractivity (Wildman–Crippen MR) is 93.1 cm³/mol. The highest BCUT2D eigenvalue weighted by Crippen LogP contribution is 2.25. The van der Waals surface area contributed by atoms with E-state index in [4.69, 9.17) is 5.73 Å². The number of benzene rings is 1. The first-order valence-electron chi connectivity index (χ1n) is 7.06. The summed E-state index contributed by atoms with van der Waals surface area (Å²) >= 11 is 0. The number of aromatic nitrogens is 2. The Morgan fingerprint density at radius 3 is 2.76 bits per heavy atom. The van der Waals surface area contributed by atoms with E-state index < -0.39 is 0 Å². The number of fused-ring (bicyclic) bond motifs is 1. The van der Waals surface area contributed by atoms with Gasteiger partial charge in [-0.1, -0.05) is 31.9 Å². The lowest BCUT2D eigenvalue weighted by atomic mass is 10.1. The molecule has 0 amide bonds. The molecule has 5 nitrogen and oxygen atoms in total. The highest BCUT2D eigenvalue weighted by atomic mass is 32.1. The summed E-state index contributed by atoms with van der Waals surface area (Å²) in [5.74, 6) is 0.957. The van der Waals surface area contributed by atoms with Crippen LogP contribution in [0.2, 0.25) is 0 Å². The van der Waals surface area contributed by atoms with Crippen LogP contribution in [0, 0.1) is 6.92 Å². The Kier molecular flexibility index (Phi) is 6.71. The van der Waals surface area contributed by atoms with Crippen LogP contribution in [0.5, 0.6) is 0 Å². The molecule has 0 bridgehead atoms. The largest absolute Gasteiger partial charge is 0.394 e. The molecule has 0 aliphatic carbocycles. The second kappa shape index (κ2) is 8.05. The predicted octanol–water partition coefficient (Wildman–Crippen LogP) is 2.60. The summed E-state index contributed by atoms with van der Waals surface area (Å²) in [5, 5.41) is 13.8. The van der Waals surface area contributed by atoms with Gasteiger partial charge in [0.1, 0.15) is 5.82 Å². The highest BCUT2D eigenvalue weighted by molar-refractivity contribution is 7.59. The fraction of sp³-hybridized carbons (Fsp3) is 0.467. The van der Waals surface area contributed by atoms with Crippen molar-refractivity contribution < 1.29 is 5.11 Å². The lowest BCUT2D eigenvalue weighted by molar-refractivity contribution is 0.267. The first-order chi connectivity index (χ1) is 9.65. The van der Waals surface area contributed by atoms with E-state index in [0.29, 0.717) is 5.82 Å². The van der Waals surface area contributed by atoms with Crippen molar-refractivity contribution in [3.8, 4) is 0 Å². The van der Waals surface area contributed by atoms with Gasteiger partial charge < -0.3 is 16.2 Å². The second-order valence-corrected chi connectivity index (χ2v) is 5.07. The van der Waals surface area contributed by atoms with Gasteiger partial charge in [-0.15, -0.1) is 0 Å². The topological polar surface area (TPSA) is 84.1 Å². The molecule has 0 aliphatic rings. The Bertz CT molecular complexity index is 591. The Hall–Kier alpha value is -1.53. The van der Waals surface area contributed by atoms with Crippen molar-refractivity contribution in [3.63, 3.8) is 0 Å². The average Bonchev–Trinajstić information content (AvgIpc) is 2.42. The first-order valence-corrected chi connectivity index (χ1v) is 7.06. The maximum Gasteiger partial charge on any atom is 0.222 e. The third-order valence-electron chi connectivity index (χ3n) is 3.42. The number of aryl methyl sites for hydroxylation is 1. The summed E-state index contributed by atoms with van der Waals surface area (Å²) in [7, 11) is 0. The van der Waals surface area contributed by atoms with Crippen LogP contribution in [0.15, 0.2) is 18.2 Å². The highest BCUT2D eigenvalue weighted by Gasteiger charge is 2.13. The number of hydrogen-bond acceptors (Lipinski definition) is 5. The van der Waals surface area contributed by atoms with Gasteiger partial charge in [0, 0.05) is 5.39 Å². The molecule has 1 aromatic carbocycles. The lowest BCUT2D eigenvalue weighted by Gasteiger charge is -2.18. The molecule has 21 heavy (non-hydrogen) atoms. The summed E-state index contributed by atoms with van der Waals surface area (Å²) in [5.41, 5.74) is 7.69. The summed E-state index contributed by atoms with van der Waals surface area (Å²) in [4.78, 5) is 8.56. The molecular weight excluding hydrogens is 284 g/mol. The fourth-order valence-electron chi connectivity index (χ4n) is 2.33. The van der Waals surface area contributed by atoms with Crippen LogP contribution >= 0.6 is 13.5 Å². The molecule has 1 aromatic heterocycles. The monoisotopic (exact) mass is 308 g/mol. The fourth-order valence-corrected chi connectivity index (χ4v) is 2.33.